The van der Waals surface area contributed by atoms with E-state index < -0.39 is 5.60 Å². The number of nitrogens with zero attached hydrogens (tertiary/aromatic N) is 1. The maximum Gasteiger partial charge on any atom is 0.410 e. The molecule has 1 aromatic rings. The monoisotopic (exact) mass is 505 g/mol. The van der Waals surface area contributed by atoms with Gasteiger partial charge < -0.3 is 25.0 Å². The Morgan fingerprint density at radius 1 is 1.11 bits per heavy atom. The van der Waals surface area contributed by atoms with Gasteiger partial charge in [0.1, 0.15) is 11.4 Å². The lowest BCUT2D eigenvalue weighted by Gasteiger charge is -2.36. The third-order valence-corrected chi connectivity index (χ3v) is 7.12. The fourth-order valence-electron chi connectivity index (χ4n) is 5.19. The van der Waals surface area contributed by atoms with Crippen LogP contribution in [0.25, 0.3) is 0 Å². The molecular formula is C27H40FN3O5. The largest absolute Gasteiger partial charge is 0.466 e. The molecule has 2 amide bonds. The number of hydrogen-bond acceptors (Lipinski definition) is 6. The zero-order valence-corrected chi connectivity index (χ0v) is 21.9. The van der Waals surface area contributed by atoms with Gasteiger partial charge in [-0.15, -0.1) is 0 Å². The van der Waals surface area contributed by atoms with Crippen LogP contribution in [0.1, 0.15) is 64.9 Å². The summed E-state index contributed by atoms with van der Waals surface area (Å²) in [6.07, 6.45) is 2.72. The van der Waals surface area contributed by atoms with Gasteiger partial charge in [0.2, 0.25) is 5.91 Å². The van der Waals surface area contributed by atoms with Crippen LogP contribution in [0.3, 0.4) is 0 Å². The Kier molecular flexibility index (Phi) is 9.33. The van der Waals surface area contributed by atoms with Crippen LogP contribution >= 0.6 is 0 Å². The number of ether oxygens (including phenoxy) is 2. The maximum atomic E-state index is 13.0. The van der Waals surface area contributed by atoms with Crippen LogP contribution in [-0.4, -0.2) is 67.8 Å². The summed E-state index contributed by atoms with van der Waals surface area (Å²) in [5.41, 5.74) is 0.301. The number of piperidine rings is 2. The normalized spacial score (nSPS) is 21.9. The van der Waals surface area contributed by atoms with Gasteiger partial charge >= 0.3 is 12.1 Å². The number of benzene rings is 1. The molecule has 0 bridgehead atoms. The van der Waals surface area contributed by atoms with E-state index in [1.165, 1.54) is 12.1 Å². The Hall–Kier alpha value is -2.68. The lowest BCUT2D eigenvalue weighted by Crippen LogP contribution is -2.44. The number of likely N-dealkylation sites (tertiary alicyclic amines) is 1. The summed E-state index contributed by atoms with van der Waals surface area (Å²) in [5.74, 6) is -0.119. The Bertz CT molecular complexity index is 901. The predicted molar refractivity (Wildman–Crippen MR) is 134 cm³/mol. The van der Waals surface area contributed by atoms with Crippen LogP contribution in [0.2, 0.25) is 0 Å². The van der Waals surface area contributed by atoms with E-state index in [1.54, 1.807) is 11.8 Å². The first-order valence-corrected chi connectivity index (χ1v) is 12.9. The molecule has 2 N–H and O–H groups in total. The molecule has 0 radical (unpaired) electrons. The van der Waals surface area contributed by atoms with Gasteiger partial charge in [-0.1, -0.05) is 12.1 Å². The molecule has 200 valence electrons. The minimum atomic E-state index is -0.477. The van der Waals surface area contributed by atoms with Crippen molar-refractivity contribution in [1.29, 1.82) is 0 Å². The van der Waals surface area contributed by atoms with Crippen molar-refractivity contribution in [3.8, 4) is 0 Å². The van der Waals surface area contributed by atoms with E-state index in [1.807, 2.05) is 32.9 Å². The van der Waals surface area contributed by atoms with E-state index in [4.69, 9.17) is 9.47 Å². The molecule has 1 atom stereocenters. The highest BCUT2D eigenvalue weighted by Gasteiger charge is 2.50. The maximum absolute atomic E-state index is 13.0. The van der Waals surface area contributed by atoms with Crippen LogP contribution in [0.4, 0.5) is 9.18 Å². The summed E-state index contributed by atoms with van der Waals surface area (Å²) >= 11 is 0. The third kappa shape index (κ3) is 6.96. The van der Waals surface area contributed by atoms with Crippen molar-refractivity contribution in [3.05, 3.63) is 35.6 Å². The van der Waals surface area contributed by atoms with Crippen molar-refractivity contribution < 1.29 is 28.2 Å². The van der Waals surface area contributed by atoms with Gasteiger partial charge in [-0.3, -0.25) is 9.59 Å². The molecule has 3 saturated heterocycles. The molecule has 8 nitrogen and oxygen atoms in total. The van der Waals surface area contributed by atoms with Gasteiger partial charge in [0.25, 0.3) is 0 Å². The van der Waals surface area contributed by atoms with Crippen LogP contribution < -0.4 is 10.6 Å². The van der Waals surface area contributed by atoms with Crippen molar-refractivity contribution in [2.24, 2.45) is 11.3 Å². The summed E-state index contributed by atoms with van der Waals surface area (Å²) in [6, 6.07) is 6.58. The fraction of sp³-hybridized carbons (Fsp3) is 0.667. The minimum Gasteiger partial charge on any atom is -0.466 e. The van der Waals surface area contributed by atoms with Gasteiger partial charge in [0, 0.05) is 25.6 Å². The predicted octanol–water partition coefficient (Wildman–Crippen LogP) is 3.61. The van der Waals surface area contributed by atoms with E-state index in [0.717, 1.165) is 31.5 Å². The second kappa shape index (κ2) is 12.0. The van der Waals surface area contributed by atoms with Gasteiger partial charge in [-0.25, -0.2) is 9.18 Å². The molecule has 4 rings (SSSR count). The average molecular weight is 506 g/mol. The van der Waals surface area contributed by atoms with Gasteiger partial charge in [0.05, 0.1) is 17.9 Å². The second-order valence-electron chi connectivity index (χ2n) is 10.7. The zero-order chi connectivity index (χ0) is 26.3. The lowest BCUT2D eigenvalue weighted by atomic mass is 9.68. The number of halogens is 1. The molecule has 1 aromatic carbocycles. The number of hydrogen-bond donors (Lipinski definition) is 2. The Balaban J connectivity index is 0.000000201. The number of esters is 1. The van der Waals surface area contributed by atoms with E-state index in [9.17, 15) is 18.8 Å². The van der Waals surface area contributed by atoms with Gasteiger partial charge in [-0.05, 0) is 84.2 Å². The molecule has 3 heterocycles. The molecule has 3 aliphatic rings. The molecule has 0 aromatic heterocycles. The quantitative estimate of drug-likeness (QED) is 0.610. The summed E-state index contributed by atoms with van der Waals surface area (Å²) in [7, 11) is 0. The first kappa shape index (κ1) is 27.9. The molecule has 36 heavy (non-hydrogen) atoms. The molecule has 3 fully saturated rings. The topological polar surface area (TPSA) is 97.0 Å². The van der Waals surface area contributed by atoms with Crippen molar-refractivity contribution in [2.75, 3.05) is 39.3 Å². The summed E-state index contributed by atoms with van der Waals surface area (Å²) in [6.45, 7) is 11.3. The molecule has 0 saturated carbocycles. The molecular weight excluding hydrogens is 465 g/mol. The van der Waals surface area contributed by atoms with E-state index in [0.29, 0.717) is 39.1 Å². The SMILES string of the molecule is CCOC(=O)C1CCN(C(=O)OC(C)(C)C)CC1.O=C1NCC(c2ccc(F)cc2)C12CCNCC2. The minimum absolute atomic E-state index is 0.0800. The Morgan fingerprint density at radius 2 is 1.72 bits per heavy atom. The first-order valence-electron chi connectivity index (χ1n) is 12.9. The summed E-state index contributed by atoms with van der Waals surface area (Å²) in [4.78, 5) is 37.2. The number of nitrogens with one attached hydrogen (secondary N) is 2. The molecule has 0 aliphatic carbocycles. The summed E-state index contributed by atoms with van der Waals surface area (Å²) < 4.78 is 23.3. The Labute approximate surface area is 213 Å². The molecule has 3 aliphatic heterocycles. The zero-order valence-electron chi connectivity index (χ0n) is 21.9. The number of carbonyl (C=O) groups is 3. The van der Waals surface area contributed by atoms with Crippen LogP contribution in [0.15, 0.2) is 24.3 Å². The number of amides is 2. The number of rotatable bonds is 3. The van der Waals surface area contributed by atoms with Crippen molar-refractivity contribution in [2.45, 2.75) is 64.9 Å². The highest BCUT2D eigenvalue weighted by Crippen LogP contribution is 2.46. The van der Waals surface area contributed by atoms with E-state index in [2.05, 4.69) is 10.6 Å². The van der Waals surface area contributed by atoms with Gasteiger partial charge in [0.15, 0.2) is 0 Å². The van der Waals surface area contributed by atoms with Gasteiger partial charge in [-0.2, -0.15) is 0 Å². The first-order chi connectivity index (χ1) is 17.1. The highest BCUT2D eigenvalue weighted by atomic mass is 19.1. The van der Waals surface area contributed by atoms with Crippen LogP contribution in [-0.2, 0) is 19.1 Å². The molecule has 1 unspecified atom stereocenters. The number of carbonyl (C=O) groups excluding carboxylic acids is 3. The molecule has 1 spiro atoms. The summed E-state index contributed by atoms with van der Waals surface area (Å²) in [5, 5.41) is 6.28. The third-order valence-electron chi connectivity index (χ3n) is 7.12. The van der Waals surface area contributed by atoms with Crippen molar-refractivity contribution >= 4 is 18.0 Å². The second-order valence-corrected chi connectivity index (χ2v) is 10.7. The van der Waals surface area contributed by atoms with E-state index in [-0.39, 0.29) is 41.0 Å². The molecule has 9 heteroatoms. The van der Waals surface area contributed by atoms with Crippen LogP contribution in [0, 0.1) is 17.2 Å². The standard InChI is InChI=1S/C14H17FN2O.C13H23NO4/c15-11-3-1-10(2-4-11)12-9-17-13(18)14(12)5-7-16-8-6-14;1-5-17-11(15)10-6-8-14(9-7-10)12(16)18-13(2,3)4/h1-4,12,16H,5-9H2,(H,17,18);10H,5-9H2,1-4H3. The Morgan fingerprint density at radius 3 is 2.28 bits per heavy atom. The smallest absolute Gasteiger partial charge is 0.410 e. The van der Waals surface area contributed by atoms with Crippen molar-refractivity contribution in [1.82, 2.24) is 15.5 Å². The van der Waals surface area contributed by atoms with E-state index >= 15 is 0 Å². The lowest BCUT2D eigenvalue weighted by molar-refractivity contribution is -0.149. The van der Waals surface area contributed by atoms with Crippen LogP contribution in [0.5, 0.6) is 0 Å². The fourth-order valence-corrected chi connectivity index (χ4v) is 5.19. The highest BCUT2D eigenvalue weighted by molar-refractivity contribution is 5.86. The average Bonchev–Trinajstić information content (AvgIpc) is 3.14. The van der Waals surface area contributed by atoms with Crippen molar-refractivity contribution in [3.63, 3.8) is 0 Å².